The molecule has 130 valence electrons. The average Bonchev–Trinajstić information content (AvgIpc) is 2.98. The van der Waals surface area contributed by atoms with Crippen molar-refractivity contribution < 1.29 is 14.3 Å². The van der Waals surface area contributed by atoms with Crippen LogP contribution in [-0.2, 0) is 6.61 Å². The van der Waals surface area contributed by atoms with Gasteiger partial charge in [-0.2, -0.15) is 5.26 Å². The molecule has 7 heteroatoms. The molecule has 0 spiro atoms. The van der Waals surface area contributed by atoms with Gasteiger partial charge in [-0.15, -0.1) is 0 Å². The van der Waals surface area contributed by atoms with Crippen LogP contribution in [0.5, 0.6) is 5.75 Å². The van der Waals surface area contributed by atoms with Crippen LogP contribution < -0.4 is 9.64 Å². The van der Waals surface area contributed by atoms with Gasteiger partial charge in [-0.05, 0) is 46.4 Å². The Morgan fingerprint density at radius 2 is 1.96 bits per heavy atom. The molecule has 0 amide bonds. The van der Waals surface area contributed by atoms with Crippen molar-refractivity contribution in [3.63, 3.8) is 0 Å². The molecule has 1 heterocycles. The molecule has 0 aliphatic heterocycles. The first-order valence-electron chi connectivity index (χ1n) is 7.72. The molecule has 6 nitrogen and oxygen atoms in total. The zero-order valence-electron chi connectivity index (χ0n) is 13.8. The molecule has 0 fully saturated rings. The summed E-state index contributed by atoms with van der Waals surface area (Å²) in [6.45, 7) is 1.73. The lowest BCUT2D eigenvalue weighted by Gasteiger charge is -2.05. The predicted molar refractivity (Wildman–Crippen MR) is 95.9 cm³/mol. The minimum absolute atomic E-state index is 0.0578. The van der Waals surface area contributed by atoms with E-state index in [9.17, 15) is 10.5 Å². The van der Waals surface area contributed by atoms with E-state index in [1.807, 2.05) is 12.1 Å². The highest BCUT2D eigenvalue weighted by molar-refractivity contribution is 6.30. The molecule has 0 unspecified atom stereocenters. The summed E-state index contributed by atoms with van der Waals surface area (Å²) in [5.41, 5.74) is 2.98. The van der Waals surface area contributed by atoms with Gasteiger partial charge in [0.05, 0.1) is 11.6 Å². The second kappa shape index (κ2) is 7.72. The minimum atomic E-state index is 0.0578. The molecule has 0 saturated heterocycles. The van der Waals surface area contributed by atoms with E-state index in [1.54, 1.807) is 49.4 Å². The number of allylic oxidation sites excluding steroid dienone is 1. The molecule has 0 atom stereocenters. The Labute approximate surface area is 155 Å². The lowest BCUT2D eigenvalue weighted by atomic mass is 10.0. The molecule has 0 bridgehead atoms. The summed E-state index contributed by atoms with van der Waals surface area (Å²) >= 11 is 5.88. The molecular formula is C19H14ClN3O3. The summed E-state index contributed by atoms with van der Waals surface area (Å²) in [6, 6.07) is 16.5. The van der Waals surface area contributed by atoms with Crippen molar-refractivity contribution in [1.82, 2.24) is 5.16 Å². The minimum Gasteiger partial charge on any atom is -0.485 e. The Kier molecular flexibility index (Phi) is 5.20. The van der Waals surface area contributed by atoms with Crippen molar-refractivity contribution in [2.24, 2.45) is 0 Å². The van der Waals surface area contributed by atoms with E-state index in [2.05, 4.69) is 15.9 Å². The number of hydrogen-bond donors (Lipinski definition) is 0. The monoisotopic (exact) mass is 367 g/mol. The Balaban J connectivity index is 1.72. The molecule has 3 aromatic rings. The smallest absolute Gasteiger partial charge is 0.235 e. The molecule has 0 N–H and O–H groups in total. The quantitative estimate of drug-likeness (QED) is 0.387. The maximum Gasteiger partial charge on any atom is 0.235 e. The molecule has 3 rings (SSSR count). The fourth-order valence-corrected chi connectivity index (χ4v) is 2.40. The van der Waals surface area contributed by atoms with Gasteiger partial charge >= 0.3 is 0 Å². The zero-order chi connectivity index (χ0) is 18.5. The van der Waals surface area contributed by atoms with E-state index in [0.717, 1.165) is 11.1 Å². The van der Waals surface area contributed by atoms with Gasteiger partial charge in [-0.25, -0.2) is 0 Å². The third-order valence-corrected chi connectivity index (χ3v) is 3.98. The van der Waals surface area contributed by atoms with Crippen molar-refractivity contribution in [3.8, 4) is 11.8 Å². The van der Waals surface area contributed by atoms with Crippen LogP contribution >= 0.6 is 11.6 Å². The molecule has 0 radical (unpaired) electrons. The molecular weight excluding hydrogens is 354 g/mol. The van der Waals surface area contributed by atoms with Gasteiger partial charge in [0.15, 0.2) is 6.61 Å². The second-order valence-corrected chi connectivity index (χ2v) is 5.93. The van der Waals surface area contributed by atoms with E-state index in [1.165, 1.54) is 0 Å². The highest BCUT2D eigenvalue weighted by Gasteiger charge is 2.14. The van der Waals surface area contributed by atoms with Crippen LogP contribution in [0, 0.1) is 23.5 Å². The summed E-state index contributed by atoms with van der Waals surface area (Å²) in [4.78, 5) is 0.331. The lowest BCUT2D eigenvalue weighted by molar-refractivity contribution is -0.808. The van der Waals surface area contributed by atoms with Crippen LogP contribution in [0.25, 0.3) is 11.6 Å². The Morgan fingerprint density at radius 3 is 2.54 bits per heavy atom. The number of aryl methyl sites for hydroxylation is 1. The van der Waals surface area contributed by atoms with E-state index >= 15 is 0 Å². The van der Waals surface area contributed by atoms with Crippen molar-refractivity contribution in [2.45, 2.75) is 13.5 Å². The van der Waals surface area contributed by atoms with Crippen molar-refractivity contribution >= 4 is 23.3 Å². The van der Waals surface area contributed by atoms with Gasteiger partial charge in [0.2, 0.25) is 11.4 Å². The van der Waals surface area contributed by atoms with Crippen LogP contribution in [0.2, 0.25) is 5.02 Å². The Morgan fingerprint density at radius 1 is 1.27 bits per heavy atom. The van der Waals surface area contributed by atoms with E-state index in [4.69, 9.17) is 16.3 Å². The first-order valence-corrected chi connectivity index (χ1v) is 8.10. The van der Waals surface area contributed by atoms with Crippen molar-refractivity contribution in [1.29, 1.82) is 5.26 Å². The summed E-state index contributed by atoms with van der Waals surface area (Å²) in [5.74, 6) is 0.591. The van der Waals surface area contributed by atoms with E-state index in [0.29, 0.717) is 32.6 Å². The number of hydrogen-bond acceptors (Lipinski definition) is 5. The summed E-state index contributed by atoms with van der Waals surface area (Å²) in [5, 5.41) is 25.0. The molecule has 2 aromatic carbocycles. The van der Waals surface area contributed by atoms with Gasteiger partial charge in [-0.3, -0.25) is 4.63 Å². The summed E-state index contributed by atoms with van der Waals surface area (Å²) < 4.78 is 10.1. The standard InChI is InChI=1S/C19H14ClN3O3/c1-13-19(23(24)26-22-13)12-25-18-8-2-14(3-9-18)10-16(11-21)15-4-6-17(20)7-5-15/h2-10H,12H2,1H3/b16-10-. The average molecular weight is 368 g/mol. The normalized spacial score (nSPS) is 11.2. The summed E-state index contributed by atoms with van der Waals surface area (Å²) in [7, 11) is 0. The van der Waals surface area contributed by atoms with Gasteiger partial charge in [0.25, 0.3) is 0 Å². The molecule has 0 saturated carbocycles. The lowest BCUT2D eigenvalue weighted by Crippen LogP contribution is -2.29. The SMILES string of the molecule is Cc1no[n+]([O-])c1COc1ccc(/C=C(/C#N)c2ccc(Cl)cc2)cc1. The fraction of sp³-hybridized carbons (Fsp3) is 0.105. The molecule has 26 heavy (non-hydrogen) atoms. The first-order chi connectivity index (χ1) is 12.6. The Bertz CT molecular complexity index is 951. The second-order valence-electron chi connectivity index (χ2n) is 5.50. The molecule has 0 aliphatic rings. The number of ether oxygens (including phenoxy) is 1. The summed E-state index contributed by atoms with van der Waals surface area (Å²) in [6.07, 6.45) is 1.78. The van der Waals surface area contributed by atoms with Crippen LogP contribution in [0.1, 0.15) is 22.5 Å². The topological polar surface area (TPSA) is 86.0 Å². The predicted octanol–water partition coefficient (Wildman–Crippen LogP) is 3.91. The highest BCUT2D eigenvalue weighted by atomic mass is 35.5. The number of rotatable bonds is 5. The van der Waals surface area contributed by atoms with Gasteiger partial charge in [0, 0.05) is 17.1 Å². The first kappa shape index (κ1) is 17.5. The number of nitriles is 1. The van der Waals surface area contributed by atoms with E-state index in [-0.39, 0.29) is 6.61 Å². The van der Waals surface area contributed by atoms with Crippen LogP contribution in [0.4, 0.5) is 0 Å². The fourth-order valence-electron chi connectivity index (χ4n) is 2.28. The van der Waals surface area contributed by atoms with Crippen LogP contribution in [0.3, 0.4) is 0 Å². The van der Waals surface area contributed by atoms with Gasteiger partial charge in [-0.1, -0.05) is 35.9 Å². The zero-order valence-corrected chi connectivity index (χ0v) is 14.6. The number of halogens is 1. The van der Waals surface area contributed by atoms with E-state index < -0.39 is 0 Å². The van der Waals surface area contributed by atoms with Gasteiger partial charge < -0.3 is 9.94 Å². The van der Waals surface area contributed by atoms with Crippen LogP contribution in [0.15, 0.2) is 53.2 Å². The third kappa shape index (κ3) is 4.02. The largest absolute Gasteiger partial charge is 0.485 e. The maximum atomic E-state index is 11.4. The number of aromatic nitrogens is 2. The van der Waals surface area contributed by atoms with Crippen molar-refractivity contribution in [3.05, 3.63) is 81.3 Å². The number of nitrogens with zero attached hydrogens (tertiary/aromatic N) is 3. The van der Waals surface area contributed by atoms with Gasteiger partial charge in [0.1, 0.15) is 5.75 Å². The van der Waals surface area contributed by atoms with Crippen molar-refractivity contribution in [2.75, 3.05) is 0 Å². The maximum absolute atomic E-state index is 11.4. The number of benzene rings is 2. The van der Waals surface area contributed by atoms with Crippen LogP contribution in [-0.4, -0.2) is 5.16 Å². The third-order valence-electron chi connectivity index (χ3n) is 3.73. The molecule has 1 aromatic heterocycles. The molecule has 0 aliphatic carbocycles. The highest BCUT2D eigenvalue weighted by Crippen LogP contribution is 2.21. The Hall–Kier alpha value is -3.30.